The van der Waals surface area contributed by atoms with Gasteiger partial charge in [0, 0.05) is 0 Å². The summed E-state index contributed by atoms with van der Waals surface area (Å²) in [5.74, 6) is -1.88. The lowest BCUT2D eigenvalue weighted by Gasteiger charge is -2.16. The molecule has 0 aromatic heterocycles. The van der Waals surface area contributed by atoms with Crippen LogP contribution >= 0.6 is 0 Å². The highest BCUT2D eigenvalue weighted by molar-refractivity contribution is 7.92. The van der Waals surface area contributed by atoms with Crippen molar-refractivity contribution in [2.24, 2.45) is 0 Å². The van der Waals surface area contributed by atoms with Crippen LogP contribution in [0.1, 0.15) is 36.5 Å². The van der Waals surface area contributed by atoms with E-state index in [4.69, 9.17) is 5.11 Å². The number of sulfonamides is 1. The number of rotatable bonds is 10. The number of hydrogen-bond acceptors (Lipinski definition) is 4. The van der Waals surface area contributed by atoms with E-state index >= 15 is 0 Å². The molecular weight excluding hydrogens is 332 g/mol. The number of benzene rings is 1. The van der Waals surface area contributed by atoms with E-state index in [1.54, 1.807) is 25.1 Å². The number of hydrogen-bond donors (Lipinski definition) is 3. The van der Waals surface area contributed by atoms with Gasteiger partial charge >= 0.3 is 5.97 Å². The second-order valence-electron chi connectivity index (χ2n) is 5.20. The monoisotopic (exact) mass is 354 g/mol. The van der Waals surface area contributed by atoms with Crippen LogP contribution in [0, 0.1) is 0 Å². The number of carboxylic acid groups (broad SMARTS) is 1. The molecule has 7 nitrogen and oxygen atoms in total. The predicted molar refractivity (Wildman–Crippen MR) is 92.5 cm³/mol. The van der Waals surface area contributed by atoms with E-state index in [-0.39, 0.29) is 23.4 Å². The number of allylic oxidation sites excluding steroid dienone is 1. The summed E-state index contributed by atoms with van der Waals surface area (Å²) >= 11 is 0. The molecule has 0 fully saturated rings. The Morgan fingerprint density at radius 2 is 2.00 bits per heavy atom. The second-order valence-corrected chi connectivity index (χ2v) is 7.04. The zero-order valence-electron chi connectivity index (χ0n) is 13.5. The molecule has 3 N–H and O–H groups in total. The Morgan fingerprint density at radius 1 is 1.33 bits per heavy atom. The first-order chi connectivity index (χ1) is 11.3. The molecule has 1 aromatic carbocycles. The predicted octanol–water partition coefficient (Wildman–Crippen LogP) is 1.99. The van der Waals surface area contributed by atoms with Crippen molar-refractivity contribution in [2.45, 2.75) is 32.2 Å². The molecule has 1 amide bonds. The second kappa shape index (κ2) is 9.07. The van der Waals surface area contributed by atoms with Crippen molar-refractivity contribution in [1.29, 1.82) is 0 Å². The Balaban J connectivity index is 2.98. The van der Waals surface area contributed by atoms with Gasteiger partial charge in [-0.1, -0.05) is 25.1 Å². The Kier molecular flexibility index (Phi) is 7.44. The van der Waals surface area contributed by atoms with E-state index in [2.05, 4.69) is 16.6 Å². The number of aliphatic carboxylic acids is 1. The van der Waals surface area contributed by atoms with E-state index in [1.165, 1.54) is 12.1 Å². The van der Waals surface area contributed by atoms with Gasteiger partial charge < -0.3 is 10.4 Å². The van der Waals surface area contributed by atoms with Crippen molar-refractivity contribution < 1.29 is 23.1 Å². The van der Waals surface area contributed by atoms with Crippen molar-refractivity contribution >= 4 is 27.6 Å². The SMILES string of the molecule is C=CCCC(NC(=O)c1ccccc1NS(=O)(=O)CCC)C(=O)O. The lowest BCUT2D eigenvalue weighted by atomic mass is 10.1. The molecule has 1 aromatic rings. The maximum atomic E-state index is 12.4. The highest BCUT2D eigenvalue weighted by Gasteiger charge is 2.22. The highest BCUT2D eigenvalue weighted by atomic mass is 32.2. The summed E-state index contributed by atoms with van der Waals surface area (Å²) in [6.45, 7) is 5.25. The number of carboxylic acids is 1. The van der Waals surface area contributed by atoms with Crippen LogP contribution in [0.3, 0.4) is 0 Å². The quantitative estimate of drug-likeness (QED) is 0.556. The van der Waals surface area contributed by atoms with Crippen LogP contribution in [0.25, 0.3) is 0 Å². The van der Waals surface area contributed by atoms with Crippen LogP contribution < -0.4 is 10.0 Å². The third-order valence-electron chi connectivity index (χ3n) is 3.17. The lowest BCUT2D eigenvalue weighted by molar-refractivity contribution is -0.139. The highest BCUT2D eigenvalue weighted by Crippen LogP contribution is 2.17. The molecule has 0 radical (unpaired) electrons. The maximum absolute atomic E-state index is 12.4. The first-order valence-corrected chi connectivity index (χ1v) is 9.20. The summed E-state index contributed by atoms with van der Waals surface area (Å²) in [6, 6.07) is 4.99. The van der Waals surface area contributed by atoms with Gasteiger partial charge in [-0.15, -0.1) is 6.58 Å². The number of para-hydroxylation sites is 1. The molecule has 0 aliphatic rings. The van der Waals surface area contributed by atoms with Gasteiger partial charge in [0.1, 0.15) is 6.04 Å². The minimum absolute atomic E-state index is 0.0694. The molecule has 1 atom stereocenters. The van der Waals surface area contributed by atoms with Gasteiger partial charge in [0.2, 0.25) is 10.0 Å². The molecule has 1 unspecified atom stereocenters. The van der Waals surface area contributed by atoms with E-state index in [1.807, 2.05) is 0 Å². The Hall–Kier alpha value is -2.35. The summed E-state index contributed by atoms with van der Waals surface area (Å²) in [6.07, 6.45) is 2.64. The molecule has 0 saturated heterocycles. The number of nitrogens with one attached hydrogen (secondary N) is 2. The first kappa shape index (κ1) is 19.7. The number of amides is 1. The molecule has 0 bridgehead atoms. The molecule has 24 heavy (non-hydrogen) atoms. The molecule has 0 heterocycles. The van der Waals surface area contributed by atoms with Crippen LogP contribution in [0.2, 0.25) is 0 Å². The summed E-state index contributed by atoms with van der Waals surface area (Å²) in [4.78, 5) is 23.6. The van der Waals surface area contributed by atoms with Gasteiger partial charge in [-0.3, -0.25) is 9.52 Å². The van der Waals surface area contributed by atoms with Crippen LogP contribution in [0.4, 0.5) is 5.69 Å². The van der Waals surface area contributed by atoms with Gasteiger partial charge in [-0.2, -0.15) is 0 Å². The van der Waals surface area contributed by atoms with E-state index in [0.29, 0.717) is 12.8 Å². The summed E-state index contributed by atoms with van der Waals surface area (Å²) in [5.41, 5.74) is 0.193. The zero-order chi connectivity index (χ0) is 18.2. The van der Waals surface area contributed by atoms with Crippen LogP contribution in [0.5, 0.6) is 0 Å². The largest absolute Gasteiger partial charge is 0.480 e. The molecule has 0 aliphatic carbocycles. The van der Waals surface area contributed by atoms with E-state index in [9.17, 15) is 18.0 Å². The molecular formula is C16H22N2O5S. The fraction of sp³-hybridized carbons (Fsp3) is 0.375. The van der Waals surface area contributed by atoms with Gasteiger partial charge in [0.15, 0.2) is 0 Å². The van der Waals surface area contributed by atoms with Crippen molar-refractivity contribution in [2.75, 3.05) is 10.5 Å². The Bertz CT molecular complexity index is 700. The van der Waals surface area contributed by atoms with Crippen molar-refractivity contribution in [3.8, 4) is 0 Å². The summed E-state index contributed by atoms with van der Waals surface area (Å²) in [7, 11) is -3.56. The van der Waals surface area contributed by atoms with Crippen molar-refractivity contribution in [3.63, 3.8) is 0 Å². The van der Waals surface area contributed by atoms with Gasteiger partial charge in [-0.25, -0.2) is 13.2 Å². The minimum Gasteiger partial charge on any atom is -0.480 e. The zero-order valence-corrected chi connectivity index (χ0v) is 14.3. The van der Waals surface area contributed by atoms with E-state index < -0.39 is 27.9 Å². The fourth-order valence-electron chi connectivity index (χ4n) is 2.04. The van der Waals surface area contributed by atoms with Crippen molar-refractivity contribution in [3.05, 3.63) is 42.5 Å². The molecule has 0 saturated carbocycles. The Labute approximate surface area is 141 Å². The first-order valence-electron chi connectivity index (χ1n) is 7.54. The van der Waals surface area contributed by atoms with Crippen LogP contribution in [-0.4, -0.2) is 37.2 Å². The molecule has 132 valence electrons. The minimum atomic E-state index is -3.56. The lowest BCUT2D eigenvalue weighted by Crippen LogP contribution is -2.41. The topological polar surface area (TPSA) is 113 Å². The fourth-order valence-corrected chi connectivity index (χ4v) is 3.19. The number of anilines is 1. The normalized spacial score (nSPS) is 12.2. The number of carbonyl (C=O) groups excluding carboxylic acids is 1. The smallest absolute Gasteiger partial charge is 0.326 e. The molecule has 0 aliphatic heterocycles. The maximum Gasteiger partial charge on any atom is 0.326 e. The number of carbonyl (C=O) groups is 2. The average molecular weight is 354 g/mol. The third kappa shape index (κ3) is 6.04. The Morgan fingerprint density at radius 3 is 2.58 bits per heavy atom. The standard InChI is InChI=1S/C16H22N2O5S/c1-3-5-9-14(16(20)21)17-15(19)12-8-6-7-10-13(12)18-24(22,23)11-4-2/h3,6-8,10,14,18H,1,4-5,9,11H2,2H3,(H,17,19)(H,20,21). The molecule has 0 spiro atoms. The van der Waals surface area contributed by atoms with Gasteiger partial charge in [0.25, 0.3) is 5.91 Å². The average Bonchev–Trinajstić information content (AvgIpc) is 2.50. The van der Waals surface area contributed by atoms with E-state index in [0.717, 1.165) is 0 Å². The van der Waals surface area contributed by atoms with Crippen molar-refractivity contribution in [1.82, 2.24) is 5.32 Å². The molecule has 1 rings (SSSR count). The van der Waals surface area contributed by atoms with Crippen LogP contribution in [0.15, 0.2) is 36.9 Å². The molecule has 8 heteroatoms. The summed E-state index contributed by atoms with van der Waals surface area (Å²) < 4.78 is 26.2. The third-order valence-corrected chi connectivity index (χ3v) is 4.65. The van der Waals surface area contributed by atoms with Gasteiger partial charge in [-0.05, 0) is 31.4 Å². The van der Waals surface area contributed by atoms with Crippen LogP contribution in [-0.2, 0) is 14.8 Å². The summed E-state index contributed by atoms with van der Waals surface area (Å²) in [5, 5.41) is 11.6. The van der Waals surface area contributed by atoms with Gasteiger partial charge in [0.05, 0.1) is 17.0 Å².